The van der Waals surface area contributed by atoms with Gasteiger partial charge in [0.25, 0.3) is 0 Å². The Kier molecular flexibility index (Phi) is 6.56. The van der Waals surface area contributed by atoms with E-state index in [2.05, 4.69) is 34.5 Å². The van der Waals surface area contributed by atoms with Crippen molar-refractivity contribution >= 4 is 39.6 Å². The topological polar surface area (TPSA) is 50.3 Å². The van der Waals surface area contributed by atoms with Crippen LogP contribution in [0.1, 0.15) is 17.8 Å². The Morgan fingerprint density at radius 1 is 0.939 bits per heavy atom. The molecule has 0 unspecified atom stereocenters. The first-order valence-corrected chi connectivity index (χ1v) is 11.4. The summed E-state index contributed by atoms with van der Waals surface area (Å²) in [6, 6.07) is 18.9. The van der Waals surface area contributed by atoms with Gasteiger partial charge in [0.1, 0.15) is 11.6 Å². The summed E-state index contributed by atoms with van der Waals surface area (Å²) in [5.74, 6) is 1.22. The Bertz CT molecular complexity index is 1270. The van der Waals surface area contributed by atoms with Gasteiger partial charge in [-0.2, -0.15) is 0 Å². The maximum atomic E-state index is 13.2. The lowest BCUT2D eigenvalue weighted by Crippen LogP contribution is -2.37. The lowest BCUT2D eigenvalue weighted by atomic mass is 10.1. The van der Waals surface area contributed by atoms with Crippen LogP contribution in [0.5, 0.6) is 0 Å². The van der Waals surface area contributed by atoms with Gasteiger partial charge in [0.05, 0.1) is 18.7 Å². The lowest BCUT2D eigenvalue weighted by molar-refractivity contribution is 0.0378. The maximum absolute atomic E-state index is 13.2. The van der Waals surface area contributed by atoms with Crippen molar-refractivity contribution in [2.75, 3.05) is 44.7 Å². The fourth-order valence-corrected chi connectivity index (χ4v) is 4.12. The third-order valence-corrected chi connectivity index (χ3v) is 5.92. The van der Waals surface area contributed by atoms with E-state index in [0.29, 0.717) is 5.82 Å². The summed E-state index contributed by atoms with van der Waals surface area (Å²) in [6.07, 6.45) is 4.81. The van der Waals surface area contributed by atoms with E-state index in [1.165, 1.54) is 17.5 Å². The molecule has 1 aliphatic rings. The summed E-state index contributed by atoms with van der Waals surface area (Å²) in [4.78, 5) is 12.0. The Morgan fingerprint density at radius 2 is 1.70 bits per heavy atom. The Hall–Kier alpha value is -3.35. The average Bonchev–Trinajstić information content (AvgIpc) is 2.85. The van der Waals surface area contributed by atoms with E-state index in [0.717, 1.165) is 73.5 Å². The summed E-state index contributed by atoms with van der Waals surface area (Å²) in [7, 11) is 0. The van der Waals surface area contributed by atoms with Gasteiger partial charge >= 0.3 is 0 Å². The van der Waals surface area contributed by atoms with Crippen LogP contribution in [0, 0.1) is 5.82 Å². The highest BCUT2D eigenvalue weighted by atomic mass is 19.1. The molecule has 0 spiro atoms. The van der Waals surface area contributed by atoms with Crippen LogP contribution in [0.25, 0.3) is 33.8 Å². The molecule has 0 aliphatic carbocycles. The van der Waals surface area contributed by atoms with Crippen LogP contribution in [0.3, 0.4) is 0 Å². The van der Waals surface area contributed by atoms with Crippen LogP contribution in [0.2, 0.25) is 0 Å². The zero-order valence-corrected chi connectivity index (χ0v) is 18.5. The molecule has 168 valence electrons. The molecule has 1 saturated heterocycles. The van der Waals surface area contributed by atoms with E-state index in [1.54, 1.807) is 12.1 Å². The molecule has 0 atom stereocenters. The molecule has 0 radical (unpaired) electrons. The molecule has 1 aromatic heterocycles. The van der Waals surface area contributed by atoms with Crippen LogP contribution >= 0.6 is 0 Å². The number of rotatable bonds is 7. The molecule has 1 N–H and O–H groups in total. The molecule has 1 fully saturated rings. The van der Waals surface area contributed by atoms with E-state index in [-0.39, 0.29) is 5.82 Å². The van der Waals surface area contributed by atoms with E-state index < -0.39 is 0 Å². The molecule has 5 nitrogen and oxygen atoms in total. The lowest BCUT2D eigenvalue weighted by Gasteiger charge is -2.26. The first-order chi connectivity index (χ1) is 16.2. The van der Waals surface area contributed by atoms with Crippen molar-refractivity contribution in [2.45, 2.75) is 6.42 Å². The monoisotopic (exact) mass is 442 g/mol. The Balaban J connectivity index is 1.41. The molecular formula is C27H27FN4O. The van der Waals surface area contributed by atoms with Crippen LogP contribution in [-0.2, 0) is 4.74 Å². The van der Waals surface area contributed by atoms with Gasteiger partial charge in [-0.15, -0.1) is 0 Å². The molecule has 6 heteroatoms. The third kappa shape index (κ3) is 5.35. The molecule has 4 aromatic rings. The first-order valence-electron chi connectivity index (χ1n) is 11.4. The van der Waals surface area contributed by atoms with E-state index in [9.17, 15) is 4.39 Å². The number of nitrogens with one attached hydrogen (secondary N) is 1. The Labute approximate surface area is 192 Å². The minimum absolute atomic E-state index is 0.246. The fourth-order valence-electron chi connectivity index (χ4n) is 4.12. The van der Waals surface area contributed by atoms with Crippen molar-refractivity contribution in [3.05, 3.63) is 77.9 Å². The number of fused-ring (bicyclic) bond motifs is 2. The highest BCUT2D eigenvalue weighted by Gasteiger charge is 2.11. The molecule has 1 aliphatic heterocycles. The minimum Gasteiger partial charge on any atom is -0.379 e. The molecule has 0 bridgehead atoms. The fraction of sp³-hybridized carbons (Fsp3) is 0.259. The van der Waals surface area contributed by atoms with Gasteiger partial charge in [0.2, 0.25) is 0 Å². The number of halogens is 1. The quantitative estimate of drug-likeness (QED) is 0.314. The van der Waals surface area contributed by atoms with Crippen LogP contribution in [0.4, 0.5) is 10.2 Å². The molecule has 3 aromatic carbocycles. The number of benzene rings is 3. The Morgan fingerprint density at radius 3 is 2.48 bits per heavy atom. The highest BCUT2D eigenvalue weighted by Crippen LogP contribution is 2.27. The van der Waals surface area contributed by atoms with Crippen LogP contribution in [-0.4, -0.2) is 54.3 Å². The maximum Gasteiger partial charge on any atom is 0.154 e. The minimum atomic E-state index is -0.246. The molecule has 5 rings (SSSR count). The van der Waals surface area contributed by atoms with Crippen molar-refractivity contribution < 1.29 is 9.13 Å². The van der Waals surface area contributed by atoms with Gasteiger partial charge in [0.15, 0.2) is 5.82 Å². The summed E-state index contributed by atoms with van der Waals surface area (Å²) < 4.78 is 18.6. The number of hydrogen-bond donors (Lipinski definition) is 1. The molecular weight excluding hydrogens is 415 g/mol. The van der Waals surface area contributed by atoms with Gasteiger partial charge in [0, 0.05) is 25.0 Å². The number of nitrogens with zero attached hydrogens (tertiary/aromatic N) is 3. The van der Waals surface area contributed by atoms with Gasteiger partial charge in [-0.05, 0) is 59.6 Å². The second kappa shape index (κ2) is 10.1. The largest absolute Gasteiger partial charge is 0.379 e. The zero-order chi connectivity index (χ0) is 22.5. The number of hydrogen-bond acceptors (Lipinski definition) is 5. The molecule has 33 heavy (non-hydrogen) atoms. The third-order valence-electron chi connectivity index (χ3n) is 5.92. The summed E-state index contributed by atoms with van der Waals surface area (Å²) in [5, 5.41) is 6.87. The number of morpholine rings is 1. The van der Waals surface area contributed by atoms with Crippen LogP contribution in [0.15, 0.2) is 60.7 Å². The normalized spacial score (nSPS) is 14.9. The highest BCUT2D eigenvalue weighted by molar-refractivity contribution is 6.01. The smallest absolute Gasteiger partial charge is 0.154 e. The average molecular weight is 443 g/mol. The van der Waals surface area contributed by atoms with Gasteiger partial charge < -0.3 is 10.1 Å². The molecule has 0 saturated carbocycles. The van der Waals surface area contributed by atoms with Crippen molar-refractivity contribution in [3.63, 3.8) is 0 Å². The zero-order valence-electron chi connectivity index (χ0n) is 18.5. The van der Waals surface area contributed by atoms with Gasteiger partial charge in [-0.25, -0.2) is 14.4 Å². The second-order valence-corrected chi connectivity index (χ2v) is 8.27. The summed E-state index contributed by atoms with van der Waals surface area (Å²) >= 11 is 0. The van der Waals surface area contributed by atoms with E-state index in [4.69, 9.17) is 14.7 Å². The van der Waals surface area contributed by atoms with Crippen molar-refractivity contribution in [2.24, 2.45) is 0 Å². The first kappa shape index (κ1) is 21.5. The van der Waals surface area contributed by atoms with E-state index in [1.807, 2.05) is 24.3 Å². The standard InChI is InChI=1S/C27H27FN4O/c28-23-9-6-20(7-10-23)8-11-26-30-25-19-22-5-2-1-4-21(22)18-24(25)27(31-26)29-12-3-13-32-14-16-33-17-15-32/h1-2,4-11,18-19H,3,12-17H2,(H,29,30,31)/b11-8+. The second-order valence-electron chi connectivity index (χ2n) is 8.27. The molecule has 2 heterocycles. The number of ether oxygens (including phenoxy) is 1. The van der Waals surface area contributed by atoms with Crippen molar-refractivity contribution in [1.82, 2.24) is 14.9 Å². The summed E-state index contributed by atoms with van der Waals surface area (Å²) in [6.45, 7) is 5.51. The van der Waals surface area contributed by atoms with Gasteiger partial charge in [-0.3, -0.25) is 4.90 Å². The van der Waals surface area contributed by atoms with Crippen molar-refractivity contribution in [3.8, 4) is 0 Å². The summed E-state index contributed by atoms with van der Waals surface area (Å²) in [5.41, 5.74) is 1.80. The van der Waals surface area contributed by atoms with Crippen LogP contribution < -0.4 is 5.32 Å². The van der Waals surface area contributed by atoms with E-state index >= 15 is 0 Å². The molecule has 0 amide bonds. The SMILES string of the molecule is Fc1ccc(/C=C/c2nc(NCCCN3CCOCC3)c3cc4ccccc4cc3n2)cc1. The predicted octanol–water partition coefficient (Wildman–Crippen LogP) is 5.23. The number of aromatic nitrogens is 2. The van der Waals surface area contributed by atoms with Gasteiger partial charge in [-0.1, -0.05) is 42.5 Å². The number of anilines is 1. The predicted molar refractivity (Wildman–Crippen MR) is 133 cm³/mol. The van der Waals surface area contributed by atoms with Crippen molar-refractivity contribution in [1.29, 1.82) is 0 Å².